The molecule has 0 aliphatic carbocycles. The molecule has 0 bridgehead atoms. The summed E-state index contributed by atoms with van der Waals surface area (Å²) in [6, 6.07) is 47.6. The molecule has 0 N–H and O–H groups in total. The van der Waals surface area contributed by atoms with E-state index in [1.54, 1.807) is 36.4 Å². The van der Waals surface area contributed by atoms with E-state index in [1.807, 2.05) is 54.6 Å². The molecule has 0 amide bonds. The Bertz CT molecular complexity index is 2390. The second-order valence-corrected chi connectivity index (χ2v) is 10.6. The first-order chi connectivity index (χ1) is 22.2. The van der Waals surface area contributed by atoms with E-state index < -0.39 is 0 Å². The SMILES string of the molecule is [C-]#[N+]c1cccc(C#N)c1-c1cccc2c1c1ccc(-c3c(C#N)cccc3C#N)cc1n2-c1ccc(-c2ccccc2)cc1. The topological polar surface area (TPSA) is 80.7 Å². The van der Waals surface area contributed by atoms with Gasteiger partial charge in [0.2, 0.25) is 0 Å². The van der Waals surface area contributed by atoms with Crippen molar-refractivity contribution in [2.45, 2.75) is 0 Å². The van der Waals surface area contributed by atoms with Gasteiger partial charge >= 0.3 is 0 Å². The minimum Gasteiger partial charge on any atom is -0.309 e. The number of hydrogen-bond donors (Lipinski definition) is 0. The van der Waals surface area contributed by atoms with Crippen molar-refractivity contribution in [3.63, 3.8) is 0 Å². The Hall–Kier alpha value is -6.92. The van der Waals surface area contributed by atoms with Gasteiger partial charge in [0.05, 0.1) is 46.9 Å². The van der Waals surface area contributed by atoms with Gasteiger partial charge in [0.1, 0.15) is 0 Å². The molecule has 0 radical (unpaired) electrons. The zero-order chi connectivity index (χ0) is 30.9. The lowest BCUT2D eigenvalue weighted by Crippen LogP contribution is -1.95. The molecule has 0 spiro atoms. The standard InChI is InChI=1S/C40H21N5/c1-44-35-14-6-12-31(25-43)39(35)34-13-7-15-36-40(34)33-21-18-28(38-29(23-41)10-5-11-30(38)24-42)22-37(33)45(36)32-19-16-27(17-20-32)26-8-3-2-4-9-26/h2-22H. The third-order valence-corrected chi connectivity index (χ3v) is 8.17. The molecule has 0 unspecified atom stereocenters. The molecule has 206 valence electrons. The van der Waals surface area contributed by atoms with E-state index >= 15 is 0 Å². The van der Waals surface area contributed by atoms with Gasteiger partial charge < -0.3 is 4.57 Å². The van der Waals surface area contributed by atoms with Gasteiger partial charge in [0, 0.05) is 33.2 Å². The Kier molecular flexibility index (Phi) is 6.62. The molecule has 45 heavy (non-hydrogen) atoms. The van der Waals surface area contributed by atoms with Gasteiger partial charge in [0.25, 0.3) is 0 Å². The third-order valence-electron chi connectivity index (χ3n) is 8.17. The number of hydrogen-bond acceptors (Lipinski definition) is 3. The fourth-order valence-corrected chi connectivity index (χ4v) is 6.20. The van der Waals surface area contributed by atoms with Crippen molar-refractivity contribution >= 4 is 27.5 Å². The van der Waals surface area contributed by atoms with Crippen LogP contribution in [0.3, 0.4) is 0 Å². The van der Waals surface area contributed by atoms with Crippen molar-refractivity contribution in [3.8, 4) is 57.3 Å². The molecule has 7 aromatic rings. The van der Waals surface area contributed by atoms with Gasteiger partial charge in [-0.05, 0) is 64.7 Å². The van der Waals surface area contributed by atoms with Crippen molar-refractivity contribution in [2.75, 3.05) is 0 Å². The summed E-state index contributed by atoms with van der Waals surface area (Å²) in [5.74, 6) is 0. The summed E-state index contributed by atoms with van der Waals surface area (Å²) in [6.45, 7) is 7.87. The first kappa shape index (κ1) is 26.9. The molecule has 0 fully saturated rings. The lowest BCUT2D eigenvalue weighted by molar-refractivity contribution is 1.18. The van der Waals surface area contributed by atoms with Crippen LogP contribution in [0, 0.1) is 40.6 Å². The number of rotatable bonds is 4. The highest BCUT2D eigenvalue weighted by atomic mass is 15.0. The Morgan fingerprint density at radius 2 is 1.13 bits per heavy atom. The predicted molar refractivity (Wildman–Crippen MR) is 177 cm³/mol. The molecule has 0 aliphatic heterocycles. The number of benzene rings is 6. The normalized spacial score (nSPS) is 10.6. The van der Waals surface area contributed by atoms with Gasteiger partial charge in [-0.2, -0.15) is 15.8 Å². The Balaban J connectivity index is 1.58. The van der Waals surface area contributed by atoms with E-state index in [-0.39, 0.29) is 0 Å². The minimum absolute atomic E-state index is 0.410. The van der Waals surface area contributed by atoms with E-state index in [9.17, 15) is 15.8 Å². The zero-order valence-electron chi connectivity index (χ0n) is 23.9. The smallest absolute Gasteiger partial charge is 0.196 e. The largest absolute Gasteiger partial charge is 0.309 e. The highest BCUT2D eigenvalue weighted by molar-refractivity contribution is 6.17. The molecule has 0 saturated carbocycles. The summed E-state index contributed by atoms with van der Waals surface area (Å²) in [6.07, 6.45) is 0. The van der Waals surface area contributed by atoms with E-state index in [0.29, 0.717) is 33.5 Å². The van der Waals surface area contributed by atoms with Crippen LogP contribution in [0.2, 0.25) is 0 Å². The average Bonchev–Trinajstić information content (AvgIpc) is 3.45. The number of fused-ring (bicyclic) bond motifs is 3. The van der Waals surface area contributed by atoms with Crippen LogP contribution in [0.15, 0.2) is 127 Å². The summed E-state index contributed by atoms with van der Waals surface area (Å²) in [5, 5.41) is 31.7. The van der Waals surface area contributed by atoms with E-state index in [1.165, 1.54) is 0 Å². The highest BCUT2D eigenvalue weighted by Crippen LogP contribution is 2.44. The second kappa shape index (κ2) is 11.1. The van der Waals surface area contributed by atoms with E-state index in [4.69, 9.17) is 6.57 Å². The first-order valence-electron chi connectivity index (χ1n) is 14.2. The quantitative estimate of drug-likeness (QED) is 0.197. The van der Waals surface area contributed by atoms with Crippen LogP contribution in [0.4, 0.5) is 5.69 Å². The molecular formula is C40H21N5. The van der Waals surface area contributed by atoms with Crippen molar-refractivity contribution in [1.29, 1.82) is 15.8 Å². The summed E-state index contributed by atoms with van der Waals surface area (Å²) >= 11 is 0. The van der Waals surface area contributed by atoms with Gasteiger partial charge in [-0.25, -0.2) is 4.85 Å². The van der Waals surface area contributed by atoms with Crippen LogP contribution in [-0.2, 0) is 0 Å². The molecule has 5 heteroatoms. The summed E-state index contributed by atoms with van der Waals surface area (Å²) in [4.78, 5) is 3.77. The van der Waals surface area contributed by atoms with Crippen LogP contribution >= 0.6 is 0 Å². The molecule has 1 heterocycles. The Morgan fingerprint density at radius 1 is 0.533 bits per heavy atom. The maximum atomic E-state index is 10.0. The van der Waals surface area contributed by atoms with Crippen LogP contribution in [0.5, 0.6) is 0 Å². The summed E-state index contributed by atoms with van der Waals surface area (Å²) < 4.78 is 2.17. The molecule has 5 nitrogen and oxygen atoms in total. The van der Waals surface area contributed by atoms with Gasteiger partial charge in [-0.3, -0.25) is 0 Å². The Labute approximate surface area is 260 Å². The maximum Gasteiger partial charge on any atom is 0.196 e. The van der Waals surface area contributed by atoms with E-state index in [2.05, 4.69) is 64.0 Å². The number of nitriles is 3. The molecule has 0 saturated heterocycles. The van der Waals surface area contributed by atoms with Crippen molar-refractivity contribution < 1.29 is 0 Å². The Morgan fingerprint density at radius 3 is 1.80 bits per heavy atom. The van der Waals surface area contributed by atoms with Crippen molar-refractivity contribution in [3.05, 3.63) is 156 Å². The van der Waals surface area contributed by atoms with Crippen LogP contribution in [0.1, 0.15) is 16.7 Å². The monoisotopic (exact) mass is 571 g/mol. The molecule has 1 aromatic heterocycles. The van der Waals surface area contributed by atoms with Gasteiger partial charge in [-0.15, -0.1) is 0 Å². The minimum atomic E-state index is 0.410. The lowest BCUT2D eigenvalue weighted by Gasteiger charge is -2.12. The maximum absolute atomic E-state index is 10.0. The van der Waals surface area contributed by atoms with Crippen LogP contribution in [0.25, 0.3) is 65.7 Å². The average molecular weight is 572 g/mol. The molecule has 6 aromatic carbocycles. The molecule has 0 aliphatic rings. The molecular weight excluding hydrogens is 550 g/mol. The third kappa shape index (κ3) is 4.38. The van der Waals surface area contributed by atoms with E-state index in [0.717, 1.165) is 49.7 Å². The fourth-order valence-electron chi connectivity index (χ4n) is 6.20. The van der Waals surface area contributed by atoms with Crippen molar-refractivity contribution in [2.24, 2.45) is 0 Å². The van der Waals surface area contributed by atoms with Gasteiger partial charge in [0.15, 0.2) is 5.69 Å². The first-order valence-corrected chi connectivity index (χ1v) is 14.2. The summed E-state index contributed by atoms with van der Waals surface area (Å²) in [7, 11) is 0. The highest BCUT2D eigenvalue weighted by Gasteiger charge is 2.21. The van der Waals surface area contributed by atoms with Gasteiger partial charge in [-0.1, -0.05) is 84.9 Å². The summed E-state index contributed by atoms with van der Waals surface area (Å²) in [5.41, 5.74) is 9.35. The molecule has 0 atom stereocenters. The lowest BCUT2D eigenvalue weighted by atomic mass is 9.92. The van der Waals surface area contributed by atoms with Crippen LogP contribution in [-0.4, -0.2) is 4.57 Å². The predicted octanol–water partition coefficient (Wildman–Crippen LogP) is 9.95. The number of aromatic nitrogens is 1. The molecule has 7 rings (SSSR count). The van der Waals surface area contributed by atoms with Crippen LogP contribution < -0.4 is 0 Å². The number of nitrogens with zero attached hydrogens (tertiary/aromatic N) is 5. The second-order valence-electron chi connectivity index (χ2n) is 10.6. The fraction of sp³-hybridized carbons (Fsp3) is 0. The zero-order valence-corrected chi connectivity index (χ0v) is 23.9. The van der Waals surface area contributed by atoms with Crippen molar-refractivity contribution in [1.82, 2.24) is 4.57 Å².